The molecule has 0 aromatic heterocycles. The molecule has 0 spiro atoms. The molecule has 0 aliphatic rings. The molecule has 0 fully saturated rings. The van der Waals surface area contributed by atoms with Crippen LogP contribution >= 0.6 is 0 Å². The van der Waals surface area contributed by atoms with Crippen molar-refractivity contribution in [1.82, 2.24) is 0 Å². The molecule has 0 aliphatic carbocycles. The lowest BCUT2D eigenvalue weighted by Crippen LogP contribution is -2.30. The van der Waals surface area contributed by atoms with E-state index < -0.39 is 12.7 Å². The molecule has 20 heavy (non-hydrogen) atoms. The maximum atomic E-state index is 12.0. The molecule has 4 nitrogen and oxygen atoms in total. The van der Waals surface area contributed by atoms with E-state index in [1.54, 1.807) is 12.1 Å². The topological polar surface area (TPSA) is 50.7 Å². The largest absolute Gasteiger partial charge is 0.435 e. The zero-order valence-corrected chi connectivity index (χ0v) is 11.9. The van der Waals surface area contributed by atoms with E-state index in [1.165, 1.54) is 12.1 Å². The van der Waals surface area contributed by atoms with Gasteiger partial charge in [-0.3, -0.25) is 0 Å². The number of rotatable bonds is 7. The molecular formula is C14H21F2NO3. The second kappa shape index (κ2) is 7.40. The van der Waals surface area contributed by atoms with Crippen molar-refractivity contribution in [3.8, 4) is 5.75 Å². The first-order valence-corrected chi connectivity index (χ1v) is 6.37. The van der Waals surface area contributed by atoms with Crippen molar-refractivity contribution in [3.05, 3.63) is 24.3 Å². The second-order valence-corrected chi connectivity index (χ2v) is 5.36. The first-order valence-electron chi connectivity index (χ1n) is 6.37. The third-order valence-corrected chi connectivity index (χ3v) is 2.33. The van der Waals surface area contributed by atoms with Gasteiger partial charge in [-0.2, -0.15) is 8.78 Å². The monoisotopic (exact) mass is 289 g/mol. The number of hydrogen-bond donors (Lipinski definition) is 2. The Labute approximate surface area is 117 Å². The van der Waals surface area contributed by atoms with Crippen molar-refractivity contribution in [3.63, 3.8) is 0 Å². The number of anilines is 1. The third-order valence-electron chi connectivity index (χ3n) is 2.33. The predicted octanol–water partition coefficient (Wildman–Crippen LogP) is 2.88. The highest BCUT2D eigenvalue weighted by molar-refractivity contribution is 5.46. The molecule has 0 bridgehead atoms. The number of aliphatic hydroxyl groups is 1. The SMILES string of the molecule is CC(C)(C)OCC(O)CNc1ccc(OC(F)F)cc1. The van der Waals surface area contributed by atoms with Crippen LogP contribution in [0, 0.1) is 0 Å². The molecule has 1 atom stereocenters. The molecule has 1 rings (SSSR count). The molecule has 1 aromatic rings. The van der Waals surface area contributed by atoms with Gasteiger partial charge in [-0.25, -0.2) is 0 Å². The summed E-state index contributed by atoms with van der Waals surface area (Å²) in [7, 11) is 0. The van der Waals surface area contributed by atoms with Gasteiger partial charge in [-0.15, -0.1) is 0 Å². The van der Waals surface area contributed by atoms with Crippen molar-refractivity contribution < 1.29 is 23.4 Å². The second-order valence-electron chi connectivity index (χ2n) is 5.36. The van der Waals surface area contributed by atoms with E-state index in [2.05, 4.69) is 10.1 Å². The first-order chi connectivity index (χ1) is 9.26. The summed E-state index contributed by atoms with van der Waals surface area (Å²) in [6.07, 6.45) is -0.647. The highest BCUT2D eigenvalue weighted by Gasteiger charge is 2.13. The summed E-state index contributed by atoms with van der Waals surface area (Å²) >= 11 is 0. The Morgan fingerprint density at radius 1 is 1.20 bits per heavy atom. The molecule has 1 unspecified atom stereocenters. The zero-order valence-electron chi connectivity index (χ0n) is 11.9. The highest BCUT2D eigenvalue weighted by atomic mass is 19.3. The van der Waals surface area contributed by atoms with Crippen LogP contribution in [0.25, 0.3) is 0 Å². The minimum absolute atomic E-state index is 0.0992. The van der Waals surface area contributed by atoms with Gasteiger partial charge in [0, 0.05) is 12.2 Å². The lowest BCUT2D eigenvalue weighted by Gasteiger charge is -2.22. The van der Waals surface area contributed by atoms with E-state index >= 15 is 0 Å². The predicted molar refractivity (Wildman–Crippen MR) is 73.3 cm³/mol. The van der Waals surface area contributed by atoms with Crippen molar-refractivity contribution in [2.75, 3.05) is 18.5 Å². The molecule has 2 N–H and O–H groups in total. The third kappa shape index (κ3) is 7.25. The maximum Gasteiger partial charge on any atom is 0.387 e. The number of hydrogen-bond acceptors (Lipinski definition) is 4. The number of nitrogens with one attached hydrogen (secondary N) is 1. The normalized spacial score (nSPS) is 13.3. The summed E-state index contributed by atoms with van der Waals surface area (Å²) in [5, 5.41) is 12.7. The standard InChI is InChI=1S/C14H21F2NO3/c1-14(2,3)19-9-11(18)8-17-10-4-6-12(7-5-10)20-13(15)16/h4-7,11,13,17-18H,8-9H2,1-3H3. The van der Waals surface area contributed by atoms with Gasteiger partial charge in [-0.1, -0.05) is 0 Å². The van der Waals surface area contributed by atoms with E-state index in [4.69, 9.17) is 4.74 Å². The number of benzene rings is 1. The van der Waals surface area contributed by atoms with Crippen molar-refractivity contribution in [2.45, 2.75) is 39.1 Å². The van der Waals surface area contributed by atoms with Gasteiger partial charge in [0.2, 0.25) is 0 Å². The molecule has 0 saturated carbocycles. The summed E-state index contributed by atoms with van der Waals surface area (Å²) in [5.74, 6) is 0.0992. The van der Waals surface area contributed by atoms with Crippen molar-refractivity contribution in [2.24, 2.45) is 0 Å². The fourth-order valence-corrected chi connectivity index (χ4v) is 1.40. The van der Waals surface area contributed by atoms with E-state index in [0.717, 1.165) is 0 Å². The Balaban J connectivity index is 2.34. The van der Waals surface area contributed by atoms with Gasteiger partial charge in [0.05, 0.1) is 18.3 Å². The van der Waals surface area contributed by atoms with Gasteiger partial charge in [0.15, 0.2) is 0 Å². The molecule has 114 valence electrons. The van der Waals surface area contributed by atoms with Crippen LogP contribution in [0.2, 0.25) is 0 Å². The number of aliphatic hydroxyl groups excluding tert-OH is 1. The quantitative estimate of drug-likeness (QED) is 0.810. The average Bonchev–Trinajstić information content (AvgIpc) is 2.34. The Kier molecular flexibility index (Phi) is 6.16. The zero-order chi connectivity index (χ0) is 15.2. The van der Waals surface area contributed by atoms with Gasteiger partial charge in [0.25, 0.3) is 0 Å². The Hall–Kier alpha value is -1.40. The fraction of sp³-hybridized carbons (Fsp3) is 0.571. The lowest BCUT2D eigenvalue weighted by atomic mass is 10.2. The smallest absolute Gasteiger partial charge is 0.387 e. The van der Waals surface area contributed by atoms with E-state index in [1.807, 2.05) is 20.8 Å². The Bertz CT molecular complexity index is 390. The van der Waals surface area contributed by atoms with Crippen LogP contribution < -0.4 is 10.1 Å². The van der Waals surface area contributed by atoms with Gasteiger partial charge in [0.1, 0.15) is 5.75 Å². The maximum absolute atomic E-state index is 12.0. The van der Waals surface area contributed by atoms with Crippen molar-refractivity contribution >= 4 is 5.69 Å². The van der Waals surface area contributed by atoms with E-state index in [9.17, 15) is 13.9 Å². The molecule has 0 saturated heterocycles. The van der Waals surface area contributed by atoms with Crippen LogP contribution in [0.1, 0.15) is 20.8 Å². The minimum atomic E-state index is -2.83. The molecule has 0 aliphatic heterocycles. The van der Waals surface area contributed by atoms with Gasteiger partial charge in [-0.05, 0) is 45.0 Å². The number of halogens is 2. The van der Waals surface area contributed by atoms with Gasteiger partial charge < -0.3 is 19.9 Å². The summed E-state index contributed by atoms with van der Waals surface area (Å²) in [4.78, 5) is 0. The summed E-state index contributed by atoms with van der Waals surface area (Å²) in [6, 6.07) is 6.09. The minimum Gasteiger partial charge on any atom is -0.435 e. The Morgan fingerprint density at radius 3 is 2.30 bits per heavy atom. The molecule has 0 radical (unpaired) electrons. The summed E-state index contributed by atoms with van der Waals surface area (Å²) < 4.78 is 33.6. The Morgan fingerprint density at radius 2 is 1.80 bits per heavy atom. The van der Waals surface area contributed by atoms with Crippen LogP contribution in [0.15, 0.2) is 24.3 Å². The summed E-state index contributed by atoms with van der Waals surface area (Å²) in [5.41, 5.74) is 0.413. The van der Waals surface area contributed by atoms with Crippen LogP contribution in [0.5, 0.6) is 5.75 Å². The van der Waals surface area contributed by atoms with Crippen LogP contribution in [-0.2, 0) is 4.74 Å². The molecule has 1 aromatic carbocycles. The molecule has 6 heteroatoms. The van der Waals surface area contributed by atoms with Crippen LogP contribution in [0.3, 0.4) is 0 Å². The number of ether oxygens (including phenoxy) is 2. The lowest BCUT2D eigenvalue weighted by molar-refractivity contribution is -0.0498. The van der Waals surface area contributed by atoms with E-state index in [0.29, 0.717) is 12.2 Å². The summed E-state index contributed by atoms with van der Waals surface area (Å²) in [6.45, 7) is 3.44. The van der Waals surface area contributed by atoms with Crippen LogP contribution in [0.4, 0.5) is 14.5 Å². The molecule has 0 amide bonds. The van der Waals surface area contributed by atoms with Gasteiger partial charge >= 0.3 is 6.61 Å². The van der Waals surface area contributed by atoms with Crippen LogP contribution in [-0.4, -0.2) is 36.6 Å². The highest BCUT2D eigenvalue weighted by Crippen LogP contribution is 2.17. The fourth-order valence-electron chi connectivity index (χ4n) is 1.40. The number of alkyl halides is 2. The molecular weight excluding hydrogens is 268 g/mol. The molecule has 0 heterocycles. The van der Waals surface area contributed by atoms with Crippen molar-refractivity contribution in [1.29, 1.82) is 0 Å². The van der Waals surface area contributed by atoms with E-state index in [-0.39, 0.29) is 18.0 Å². The first kappa shape index (κ1) is 16.7. The average molecular weight is 289 g/mol.